The number of phenols is 1. The van der Waals surface area contributed by atoms with Gasteiger partial charge in [0.1, 0.15) is 11.4 Å². The Morgan fingerprint density at radius 3 is 2.50 bits per heavy atom. The fourth-order valence-corrected chi connectivity index (χ4v) is 2.03. The molecule has 0 spiro atoms. The largest absolute Gasteiger partial charge is 0.507 e. The van der Waals surface area contributed by atoms with Crippen LogP contribution in [0.4, 0.5) is 11.4 Å². The molecule has 2 aromatic carbocycles. The minimum Gasteiger partial charge on any atom is -0.507 e. The van der Waals surface area contributed by atoms with Crippen LogP contribution in [0, 0.1) is 0 Å². The van der Waals surface area contributed by atoms with Crippen LogP contribution in [-0.4, -0.2) is 22.2 Å². The van der Waals surface area contributed by atoms with Gasteiger partial charge in [0.15, 0.2) is 0 Å². The van der Waals surface area contributed by atoms with Gasteiger partial charge in [-0.3, -0.25) is 9.78 Å². The molecule has 7 nitrogen and oxygen atoms in total. The Bertz CT molecular complexity index is 941. The number of hydrazone groups is 1. The van der Waals surface area contributed by atoms with E-state index in [1.54, 1.807) is 30.3 Å². The van der Waals surface area contributed by atoms with E-state index in [0.29, 0.717) is 11.3 Å². The molecule has 0 unspecified atom stereocenters. The molecule has 1 heterocycles. The van der Waals surface area contributed by atoms with Crippen molar-refractivity contribution in [1.29, 1.82) is 0 Å². The SMILES string of the molecule is O=C(N/N=C\c1cc(N=Nc2ccccc2)ccc1O)c1ccccn1. The normalized spacial score (nSPS) is 11.1. The highest BCUT2D eigenvalue weighted by molar-refractivity contribution is 5.93. The molecule has 0 atom stereocenters. The monoisotopic (exact) mass is 345 g/mol. The second-order valence-electron chi connectivity index (χ2n) is 5.19. The first-order valence-electron chi connectivity index (χ1n) is 7.76. The predicted octanol–water partition coefficient (Wildman–Crippen LogP) is 3.97. The Morgan fingerprint density at radius 2 is 1.73 bits per heavy atom. The summed E-state index contributed by atoms with van der Waals surface area (Å²) < 4.78 is 0. The summed E-state index contributed by atoms with van der Waals surface area (Å²) in [5.74, 6) is -0.430. The van der Waals surface area contributed by atoms with Crippen molar-refractivity contribution in [3.8, 4) is 5.75 Å². The van der Waals surface area contributed by atoms with Gasteiger partial charge in [0.25, 0.3) is 5.91 Å². The summed E-state index contributed by atoms with van der Waals surface area (Å²) in [6, 6.07) is 19.0. The number of aromatic nitrogens is 1. The molecule has 1 aromatic heterocycles. The lowest BCUT2D eigenvalue weighted by atomic mass is 10.2. The lowest BCUT2D eigenvalue weighted by molar-refractivity contribution is 0.0950. The molecular formula is C19H15N5O2. The topological polar surface area (TPSA) is 99.3 Å². The summed E-state index contributed by atoms with van der Waals surface area (Å²) in [4.78, 5) is 15.8. The molecule has 1 amide bonds. The average Bonchev–Trinajstić information content (AvgIpc) is 2.69. The van der Waals surface area contributed by atoms with Crippen molar-refractivity contribution in [2.45, 2.75) is 0 Å². The molecular weight excluding hydrogens is 330 g/mol. The Hall–Kier alpha value is -3.87. The molecule has 0 aliphatic rings. The molecule has 2 N–H and O–H groups in total. The number of carbonyl (C=O) groups excluding carboxylic acids is 1. The van der Waals surface area contributed by atoms with Crippen LogP contribution in [0.1, 0.15) is 16.1 Å². The zero-order valence-corrected chi connectivity index (χ0v) is 13.6. The van der Waals surface area contributed by atoms with E-state index in [2.05, 4.69) is 25.7 Å². The van der Waals surface area contributed by atoms with E-state index in [-0.39, 0.29) is 11.4 Å². The highest BCUT2D eigenvalue weighted by Gasteiger charge is 2.04. The van der Waals surface area contributed by atoms with Crippen LogP contribution in [-0.2, 0) is 0 Å². The number of phenolic OH excluding ortho intramolecular Hbond substituents is 1. The Morgan fingerprint density at radius 1 is 0.962 bits per heavy atom. The summed E-state index contributed by atoms with van der Waals surface area (Å²) in [5, 5.41) is 22.0. The minimum absolute atomic E-state index is 0.0134. The van der Waals surface area contributed by atoms with Gasteiger partial charge in [0, 0.05) is 11.8 Å². The van der Waals surface area contributed by atoms with Gasteiger partial charge in [-0.25, -0.2) is 5.43 Å². The van der Waals surface area contributed by atoms with E-state index in [1.807, 2.05) is 30.3 Å². The third-order valence-electron chi connectivity index (χ3n) is 3.32. The van der Waals surface area contributed by atoms with Crippen molar-refractivity contribution in [3.05, 3.63) is 84.2 Å². The molecule has 0 radical (unpaired) electrons. The third kappa shape index (κ3) is 4.57. The van der Waals surface area contributed by atoms with Crippen molar-refractivity contribution in [2.24, 2.45) is 15.3 Å². The summed E-state index contributed by atoms with van der Waals surface area (Å²) in [7, 11) is 0. The molecule has 0 saturated heterocycles. The fourth-order valence-electron chi connectivity index (χ4n) is 2.03. The molecule has 0 fully saturated rings. The van der Waals surface area contributed by atoms with E-state index in [1.165, 1.54) is 18.5 Å². The Labute approximate surface area is 149 Å². The zero-order valence-electron chi connectivity index (χ0n) is 13.6. The van der Waals surface area contributed by atoms with Crippen LogP contribution in [0.15, 0.2) is 88.3 Å². The number of nitrogens with zero attached hydrogens (tertiary/aromatic N) is 4. The van der Waals surface area contributed by atoms with Crippen molar-refractivity contribution in [3.63, 3.8) is 0 Å². The third-order valence-corrected chi connectivity index (χ3v) is 3.32. The van der Waals surface area contributed by atoms with Crippen molar-refractivity contribution < 1.29 is 9.90 Å². The Kier molecular flexibility index (Phi) is 5.41. The average molecular weight is 345 g/mol. The molecule has 0 saturated carbocycles. The summed E-state index contributed by atoms with van der Waals surface area (Å²) in [6.45, 7) is 0. The van der Waals surface area contributed by atoms with Crippen molar-refractivity contribution >= 4 is 23.5 Å². The predicted molar refractivity (Wildman–Crippen MR) is 98.0 cm³/mol. The number of benzene rings is 2. The van der Waals surface area contributed by atoms with Crippen LogP contribution in [0.25, 0.3) is 0 Å². The number of rotatable bonds is 5. The number of aromatic hydroxyl groups is 1. The van der Waals surface area contributed by atoms with Gasteiger partial charge < -0.3 is 5.11 Å². The van der Waals surface area contributed by atoms with Gasteiger partial charge in [-0.1, -0.05) is 24.3 Å². The molecule has 7 heteroatoms. The summed E-state index contributed by atoms with van der Waals surface area (Å²) >= 11 is 0. The first-order chi connectivity index (χ1) is 12.7. The standard InChI is InChI=1S/C19H15N5O2/c25-18-10-9-16(23-22-15-6-2-1-3-7-15)12-14(18)13-21-24-19(26)17-8-4-5-11-20-17/h1-13,25H,(H,24,26)/b21-13-,23-22?. The molecule has 0 aliphatic carbocycles. The van der Waals surface area contributed by atoms with E-state index in [4.69, 9.17) is 0 Å². The minimum atomic E-state index is -0.443. The highest BCUT2D eigenvalue weighted by Crippen LogP contribution is 2.23. The fraction of sp³-hybridized carbons (Fsp3) is 0. The van der Waals surface area contributed by atoms with Gasteiger partial charge in [0.2, 0.25) is 0 Å². The summed E-state index contributed by atoms with van der Waals surface area (Å²) in [5.41, 5.74) is 4.27. The molecule has 3 rings (SSSR count). The molecule has 0 aliphatic heterocycles. The van der Waals surface area contributed by atoms with E-state index < -0.39 is 5.91 Å². The smallest absolute Gasteiger partial charge is 0.289 e. The lowest BCUT2D eigenvalue weighted by Crippen LogP contribution is -2.18. The maximum absolute atomic E-state index is 11.9. The van der Waals surface area contributed by atoms with Gasteiger partial charge in [0.05, 0.1) is 17.6 Å². The van der Waals surface area contributed by atoms with Gasteiger partial charge in [-0.05, 0) is 42.5 Å². The second kappa shape index (κ2) is 8.29. The lowest BCUT2D eigenvalue weighted by Gasteiger charge is -2.01. The second-order valence-corrected chi connectivity index (χ2v) is 5.19. The van der Waals surface area contributed by atoms with Crippen LogP contribution >= 0.6 is 0 Å². The molecule has 26 heavy (non-hydrogen) atoms. The van der Waals surface area contributed by atoms with E-state index in [9.17, 15) is 9.90 Å². The highest BCUT2D eigenvalue weighted by atomic mass is 16.3. The van der Waals surface area contributed by atoms with E-state index >= 15 is 0 Å². The quantitative estimate of drug-likeness (QED) is 0.416. The van der Waals surface area contributed by atoms with Crippen LogP contribution in [0.5, 0.6) is 5.75 Å². The van der Waals surface area contributed by atoms with Gasteiger partial charge in [-0.15, -0.1) is 0 Å². The summed E-state index contributed by atoms with van der Waals surface area (Å²) in [6.07, 6.45) is 2.85. The number of carbonyl (C=O) groups is 1. The number of nitrogens with one attached hydrogen (secondary N) is 1. The van der Waals surface area contributed by atoms with Gasteiger partial charge >= 0.3 is 0 Å². The number of hydrogen-bond acceptors (Lipinski definition) is 6. The van der Waals surface area contributed by atoms with Crippen molar-refractivity contribution in [1.82, 2.24) is 10.4 Å². The maximum atomic E-state index is 11.9. The van der Waals surface area contributed by atoms with Crippen LogP contribution < -0.4 is 5.43 Å². The zero-order chi connectivity index (χ0) is 18.2. The Balaban J connectivity index is 1.69. The number of amides is 1. The van der Waals surface area contributed by atoms with Crippen molar-refractivity contribution in [2.75, 3.05) is 0 Å². The first kappa shape index (κ1) is 17.0. The number of hydrogen-bond donors (Lipinski definition) is 2. The first-order valence-corrected chi connectivity index (χ1v) is 7.76. The number of azo groups is 1. The maximum Gasteiger partial charge on any atom is 0.289 e. The molecule has 128 valence electrons. The van der Waals surface area contributed by atoms with Gasteiger partial charge in [-0.2, -0.15) is 15.3 Å². The molecule has 0 bridgehead atoms. The van der Waals surface area contributed by atoms with Crippen LogP contribution in [0.3, 0.4) is 0 Å². The van der Waals surface area contributed by atoms with E-state index in [0.717, 1.165) is 5.69 Å². The van der Waals surface area contributed by atoms with Crippen LogP contribution in [0.2, 0.25) is 0 Å². The number of pyridine rings is 1. The molecule has 3 aromatic rings.